The van der Waals surface area contributed by atoms with Gasteiger partial charge in [0.2, 0.25) is 10.0 Å². The Hall–Kier alpha value is -0.340. The predicted molar refractivity (Wildman–Crippen MR) is 58.1 cm³/mol. The van der Waals surface area contributed by atoms with Crippen LogP contribution >= 0.6 is 0 Å². The van der Waals surface area contributed by atoms with Crippen LogP contribution in [-0.4, -0.2) is 50.3 Å². The second kappa shape index (κ2) is 5.53. The maximum absolute atomic E-state index is 12.2. The van der Waals surface area contributed by atoms with Crippen molar-refractivity contribution in [1.82, 2.24) is 9.62 Å². The lowest BCUT2D eigenvalue weighted by Crippen LogP contribution is -2.41. The molecule has 0 saturated heterocycles. The van der Waals surface area contributed by atoms with Crippen molar-refractivity contribution in [3.63, 3.8) is 0 Å². The van der Waals surface area contributed by atoms with E-state index in [2.05, 4.69) is 5.32 Å². The number of nitrogens with one attached hydrogen (secondary N) is 1. The summed E-state index contributed by atoms with van der Waals surface area (Å²) in [7, 11) is -3.82. The molecule has 0 aromatic rings. The van der Waals surface area contributed by atoms with E-state index in [0.717, 1.165) is 12.8 Å². The average molecular weight is 274 g/mol. The first kappa shape index (κ1) is 14.7. The van der Waals surface area contributed by atoms with Gasteiger partial charge in [-0.2, -0.15) is 17.5 Å². The Morgan fingerprint density at radius 3 is 2.35 bits per heavy atom. The quantitative estimate of drug-likeness (QED) is 0.752. The van der Waals surface area contributed by atoms with E-state index in [1.807, 2.05) is 0 Å². The summed E-state index contributed by atoms with van der Waals surface area (Å²) in [6, 6.07) is 0.350. The van der Waals surface area contributed by atoms with Gasteiger partial charge >= 0.3 is 6.18 Å². The zero-order valence-corrected chi connectivity index (χ0v) is 10.4. The minimum Gasteiger partial charge on any atom is -0.313 e. The second-order valence-electron chi connectivity index (χ2n) is 4.09. The first-order valence-corrected chi connectivity index (χ1v) is 7.13. The van der Waals surface area contributed by atoms with Crippen molar-refractivity contribution in [1.29, 1.82) is 0 Å². The number of alkyl halides is 3. The van der Waals surface area contributed by atoms with E-state index >= 15 is 0 Å². The maximum Gasteiger partial charge on any atom is 0.402 e. The topological polar surface area (TPSA) is 49.4 Å². The van der Waals surface area contributed by atoms with Gasteiger partial charge in [-0.05, 0) is 12.8 Å². The molecule has 102 valence electrons. The van der Waals surface area contributed by atoms with Gasteiger partial charge in [-0.3, -0.25) is 0 Å². The summed E-state index contributed by atoms with van der Waals surface area (Å²) in [5, 5.41) is 2.97. The Kier molecular flexibility index (Phi) is 4.79. The predicted octanol–water partition coefficient (Wildman–Crippen LogP) is 0.952. The molecule has 1 fully saturated rings. The van der Waals surface area contributed by atoms with Crippen LogP contribution in [0.5, 0.6) is 0 Å². The van der Waals surface area contributed by atoms with E-state index in [4.69, 9.17) is 0 Å². The van der Waals surface area contributed by atoms with Crippen molar-refractivity contribution in [3.05, 3.63) is 0 Å². The smallest absolute Gasteiger partial charge is 0.313 e. The lowest BCUT2D eigenvalue weighted by atomic mass is 10.6. The van der Waals surface area contributed by atoms with Gasteiger partial charge in [0, 0.05) is 19.1 Å². The highest BCUT2D eigenvalue weighted by atomic mass is 32.2. The summed E-state index contributed by atoms with van der Waals surface area (Å²) in [4.78, 5) is 0. The summed E-state index contributed by atoms with van der Waals surface area (Å²) in [5.74, 6) is -0.284. The van der Waals surface area contributed by atoms with Gasteiger partial charge in [0.15, 0.2) is 0 Å². The minimum atomic E-state index is -4.49. The molecule has 0 bridgehead atoms. The van der Waals surface area contributed by atoms with Crippen LogP contribution in [-0.2, 0) is 10.0 Å². The van der Waals surface area contributed by atoms with Crippen LogP contribution in [0.3, 0.4) is 0 Å². The second-order valence-corrected chi connectivity index (χ2v) is 6.17. The highest BCUT2D eigenvalue weighted by molar-refractivity contribution is 7.89. The summed E-state index contributed by atoms with van der Waals surface area (Å²) in [5.41, 5.74) is 0. The van der Waals surface area contributed by atoms with Crippen molar-refractivity contribution in [3.8, 4) is 0 Å². The largest absolute Gasteiger partial charge is 0.402 e. The molecule has 0 amide bonds. The molecule has 0 spiro atoms. The van der Waals surface area contributed by atoms with Gasteiger partial charge < -0.3 is 5.32 Å². The van der Waals surface area contributed by atoms with Crippen LogP contribution in [0.15, 0.2) is 0 Å². The molecule has 0 heterocycles. The van der Waals surface area contributed by atoms with E-state index < -0.39 is 22.7 Å². The molecule has 0 unspecified atom stereocenters. The maximum atomic E-state index is 12.2. The third-order valence-electron chi connectivity index (χ3n) is 2.47. The molecule has 17 heavy (non-hydrogen) atoms. The molecular formula is C9H17F3N2O2S. The fraction of sp³-hybridized carbons (Fsp3) is 1.00. The first-order chi connectivity index (χ1) is 7.74. The number of hydrogen-bond acceptors (Lipinski definition) is 3. The molecule has 1 aliphatic carbocycles. The lowest BCUT2D eigenvalue weighted by Gasteiger charge is -2.21. The van der Waals surface area contributed by atoms with Crippen LogP contribution in [0.1, 0.15) is 19.8 Å². The standard InChI is InChI=1S/C9H17F3N2O2S/c1-2-14(7-9(10,11)12)17(15,16)6-5-13-8-3-4-8/h8,13H,2-7H2,1H3. The van der Waals surface area contributed by atoms with Crippen molar-refractivity contribution < 1.29 is 21.6 Å². The fourth-order valence-electron chi connectivity index (χ4n) is 1.42. The Morgan fingerprint density at radius 2 is 1.94 bits per heavy atom. The Labute approximate surface area is 99.2 Å². The number of nitrogens with zero attached hydrogens (tertiary/aromatic N) is 1. The van der Waals surface area contributed by atoms with E-state index in [-0.39, 0.29) is 18.8 Å². The van der Waals surface area contributed by atoms with Crippen molar-refractivity contribution in [2.45, 2.75) is 32.0 Å². The number of sulfonamides is 1. The SMILES string of the molecule is CCN(CC(F)(F)F)S(=O)(=O)CCNC1CC1. The summed E-state index contributed by atoms with van der Waals surface area (Å²) >= 11 is 0. The van der Waals surface area contributed by atoms with Crippen LogP contribution in [0, 0.1) is 0 Å². The molecule has 8 heteroatoms. The summed E-state index contributed by atoms with van der Waals surface area (Å²) < 4.78 is 60.2. The molecule has 0 aromatic carbocycles. The third kappa shape index (κ3) is 5.69. The summed E-state index contributed by atoms with van der Waals surface area (Å²) in [6.45, 7) is 0.0412. The molecule has 1 N–H and O–H groups in total. The number of hydrogen-bond donors (Lipinski definition) is 1. The van der Waals surface area contributed by atoms with Crippen LogP contribution in [0.2, 0.25) is 0 Å². The zero-order chi connectivity index (χ0) is 13.1. The van der Waals surface area contributed by atoms with Gasteiger partial charge in [-0.15, -0.1) is 0 Å². The van der Waals surface area contributed by atoms with Crippen LogP contribution < -0.4 is 5.32 Å². The molecule has 0 radical (unpaired) electrons. The zero-order valence-electron chi connectivity index (χ0n) is 9.63. The first-order valence-electron chi connectivity index (χ1n) is 5.52. The van der Waals surface area contributed by atoms with Crippen molar-refractivity contribution >= 4 is 10.0 Å². The van der Waals surface area contributed by atoms with Crippen LogP contribution in [0.4, 0.5) is 13.2 Å². The van der Waals surface area contributed by atoms with E-state index in [1.165, 1.54) is 6.92 Å². The Morgan fingerprint density at radius 1 is 1.35 bits per heavy atom. The molecule has 0 atom stereocenters. The van der Waals surface area contributed by atoms with Crippen molar-refractivity contribution in [2.24, 2.45) is 0 Å². The lowest BCUT2D eigenvalue weighted by molar-refractivity contribution is -0.135. The molecular weight excluding hydrogens is 257 g/mol. The summed E-state index contributed by atoms with van der Waals surface area (Å²) in [6.07, 6.45) is -2.47. The minimum absolute atomic E-state index is 0.161. The van der Waals surface area contributed by atoms with Gasteiger partial charge in [-0.25, -0.2) is 8.42 Å². The molecule has 1 saturated carbocycles. The van der Waals surface area contributed by atoms with Gasteiger partial charge in [-0.1, -0.05) is 6.92 Å². The molecule has 0 aliphatic heterocycles. The molecule has 1 rings (SSSR count). The monoisotopic (exact) mass is 274 g/mol. The molecule has 1 aliphatic rings. The molecule has 0 aromatic heterocycles. The number of rotatable bonds is 7. The van der Waals surface area contributed by atoms with Gasteiger partial charge in [0.25, 0.3) is 0 Å². The Bertz CT molecular complexity index is 339. The van der Waals surface area contributed by atoms with E-state index in [1.54, 1.807) is 0 Å². The Balaban J connectivity index is 2.45. The third-order valence-corrected chi connectivity index (χ3v) is 4.37. The fourth-order valence-corrected chi connectivity index (χ4v) is 2.79. The van der Waals surface area contributed by atoms with Gasteiger partial charge in [0.1, 0.15) is 6.54 Å². The average Bonchev–Trinajstić information content (AvgIpc) is 2.96. The van der Waals surface area contributed by atoms with Crippen LogP contribution in [0.25, 0.3) is 0 Å². The number of halogens is 3. The van der Waals surface area contributed by atoms with E-state index in [9.17, 15) is 21.6 Å². The van der Waals surface area contributed by atoms with E-state index in [0.29, 0.717) is 10.3 Å². The van der Waals surface area contributed by atoms with Crippen molar-refractivity contribution in [2.75, 3.05) is 25.4 Å². The normalized spacial score (nSPS) is 17.7. The molecule has 4 nitrogen and oxygen atoms in total. The van der Waals surface area contributed by atoms with Gasteiger partial charge in [0.05, 0.1) is 5.75 Å². The highest BCUT2D eigenvalue weighted by Crippen LogP contribution is 2.20. The highest BCUT2D eigenvalue weighted by Gasteiger charge is 2.35.